The van der Waals surface area contributed by atoms with Gasteiger partial charge in [0.05, 0.1) is 12.9 Å². The van der Waals surface area contributed by atoms with Gasteiger partial charge in [0, 0.05) is 12.4 Å². The highest BCUT2D eigenvalue weighted by Crippen LogP contribution is 1.82. The number of aromatic nitrogens is 2. The predicted molar refractivity (Wildman–Crippen MR) is 39.0 cm³/mol. The van der Waals surface area contributed by atoms with Crippen LogP contribution >= 0.6 is 12.6 Å². The fourth-order valence-corrected chi connectivity index (χ4v) is 0.578. The van der Waals surface area contributed by atoms with Gasteiger partial charge in [0.2, 0.25) is 0 Å². The lowest BCUT2D eigenvalue weighted by Gasteiger charge is -1.88. The summed E-state index contributed by atoms with van der Waals surface area (Å²) in [7, 11) is 0. The predicted octanol–water partition coefficient (Wildman–Crippen LogP) is 0.774. The molecule has 0 bridgehead atoms. The molecule has 0 radical (unpaired) electrons. The van der Waals surface area contributed by atoms with E-state index in [4.69, 9.17) is 0 Å². The molecule has 9 heavy (non-hydrogen) atoms. The Kier molecular flexibility index (Phi) is 2.22. The Morgan fingerprint density at radius 2 is 2.56 bits per heavy atom. The Bertz CT molecular complexity index is 217. The maximum Gasteiger partial charge on any atom is 0.0954 e. The molecule has 0 spiro atoms. The van der Waals surface area contributed by atoms with Gasteiger partial charge in [0.1, 0.15) is 0 Å². The van der Waals surface area contributed by atoms with E-state index in [9.17, 15) is 0 Å². The van der Waals surface area contributed by atoms with Crippen LogP contribution in [0.3, 0.4) is 0 Å². The second kappa shape index (κ2) is 3.21. The Labute approximate surface area is 59.3 Å². The van der Waals surface area contributed by atoms with E-state index in [0.717, 1.165) is 0 Å². The highest BCUT2D eigenvalue weighted by molar-refractivity contribution is 7.85. The summed E-state index contributed by atoms with van der Waals surface area (Å²) in [6.45, 7) is 0.670. The summed E-state index contributed by atoms with van der Waals surface area (Å²) in [5.41, 5.74) is 0. The van der Waals surface area contributed by atoms with Crippen LogP contribution in [-0.2, 0) is 6.54 Å². The Hall–Kier alpha value is -0.880. The van der Waals surface area contributed by atoms with Crippen LogP contribution in [0.1, 0.15) is 0 Å². The van der Waals surface area contributed by atoms with Crippen molar-refractivity contribution in [1.82, 2.24) is 9.55 Å². The van der Waals surface area contributed by atoms with Crippen LogP contribution in [0.4, 0.5) is 0 Å². The molecule has 46 valence electrons. The third-order valence-electron chi connectivity index (χ3n) is 0.900. The molecule has 2 nitrogen and oxygen atoms in total. The molecule has 0 saturated carbocycles. The molecule has 1 aromatic rings. The molecule has 1 rings (SSSR count). The topological polar surface area (TPSA) is 17.8 Å². The molecule has 1 heterocycles. The molecule has 3 heteroatoms. The minimum Gasteiger partial charge on any atom is -0.326 e. The summed E-state index contributed by atoms with van der Waals surface area (Å²) in [6.07, 6.45) is 5.30. The standard InChI is InChI=1S/C6H6N2S/c9-5-1-3-8-4-2-7-6-8/h2,4,6,9H,3H2. The van der Waals surface area contributed by atoms with Gasteiger partial charge in [-0.15, -0.1) is 0 Å². The van der Waals surface area contributed by atoms with Crippen LogP contribution < -0.4 is 0 Å². The number of hydrogen-bond donors (Lipinski definition) is 1. The fraction of sp³-hybridized carbons (Fsp3) is 0.167. The minimum atomic E-state index is 0.670. The molecular weight excluding hydrogens is 132 g/mol. The maximum atomic E-state index is 3.85. The zero-order valence-electron chi connectivity index (χ0n) is 4.78. The zero-order chi connectivity index (χ0) is 6.53. The second-order valence-corrected chi connectivity index (χ2v) is 1.75. The molecule has 0 fully saturated rings. The summed E-state index contributed by atoms with van der Waals surface area (Å²) in [6, 6.07) is 0. The highest BCUT2D eigenvalue weighted by atomic mass is 32.1. The molecule has 0 saturated heterocycles. The smallest absolute Gasteiger partial charge is 0.0954 e. The highest BCUT2D eigenvalue weighted by Gasteiger charge is 1.80. The number of imidazole rings is 1. The normalized spacial score (nSPS) is 8.11. The van der Waals surface area contributed by atoms with Gasteiger partial charge in [0.25, 0.3) is 0 Å². The average Bonchev–Trinajstić information content (AvgIpc) is 2.34. The molecule has 0 aliphatic rings. The first-order chi connectivity index (χ1) is 4.43. The van der Waals surface area contributed by atoms with E-state index in [2.05, 4.69) is 28.8 Å². The largest absolute Gasteiger partial charge is 0.326 e. The summed E-state index contributed by atoms with van der Waals surface area (Å²) in [5.74, 6) is 2.79. The van der Waals surface area contributed by atoms with E-state index >= 15 is 0 Å². The van der Waals surface area contributed by atoms with Crippen molar-refractivity contribution >= 4 is 12.6 Å². The number of rotatable bonds is 1. The number of nitrogens with zero attached hydrogens (tertiary/aromatic N) is 2. The van der Waals surface area contributed by atoms with Gasteiger partial charge in [0.15, 0.2) is 0 Å². The van der Waals surface area contributed by atoms with Gasteiger partial charge in [-0.2, -0.15) is 0 Å². The number of hydrogen-bond acceptors (Lipinski definition) is 2. The third kappa shape index (κ3) is 1.82. The first-order valence-electron chi connectivity index (χ1n) is 2.51. The van der Waals surface area contributed by atoms with Crippen molar-refractivity contribution in [1.29, 1.82) is 0 Å². The molecular formula is C6H6N2S. The van der Waals surface area contributed by atoms with Crippen molar-refractivity contribution in [2.75, 3.05) is 0 Å². The van der Waals surface area contributed by atoms with Crippen LogP contribution in [0.15, 0.2) is 18.7 Å². The van der Waals surface area contributed by atoms with Gasteiger partial charge in [-0.1, -0.05) is 18.5 Å². The van der Waals surface area contributed by atoms with Gasteiger partial charge in [-0.3, -0.25) is 0 Å². The first kappa shape index (κ1) is 6.24. The van der Waals surface area contributed by atoms with Crippen molar-refractivity contribution < 1.29 is 0 Å². The summed E-state index contributed by atoms with van der Waals surface area (Å²) in [4.78, 5) is 3.85. The van der Waals surface area contributed by atoms with Crippen LogP contribution in [0.25, 0.3) is 0 Å². The Balaban J connectivity index is 2.54. The molecule has 0 atom stereocenters. The Morgan fingerprint density at radius 3 is 3.11 bits per heavy atom. The van der Waals surface area contributed by atoms with E-state index in [0.29, 0.717) is 6.54 Å². The van der Waals surface area contributed by atoms with Gasteiger partial charge >= 0.3 is 0 Å². The average molecular weight is 138 g/mol. The molecule has 0 aliphatic carbocycles. The fourth-order valence-electron chi connectivity index (χ4n) is 0.507. The SMILES string of the molecule is SC#CCn1ccnc1. The number of thiol groups is 1. The molecule has 0 aliphatic heterocycles. The van der Waals surface area contributed by atoms with E-state index < -0.39 is 0 Å². The van der Waals surface area contributed by atoms with E-state index in [-0.39, 0.29) is 0 Å². The quantitative estimate of drug-likeness (QED) is 0.448. The van der Waals surface area contributed by atoms with Crippen molar-refractivity contribution in [2.45, 2.75) is 6.54 Å². The van der Waals surface area contributed by atoms with Crippen LogP contribution in [0.2, 0.25) is 0 Å². The van der Waals surface area contributed by atoms with Crippen LogP contribution in [0.5, 0.6) is 0 Å². The molecule has 1 aromatic heterocycles. The summed E-state index contributed by atoms with van der Waals surface area (Å²) < 4.78 is 1.88. The lowest BCUT2D eigenvalue weighted by molar-refractivity contribution is 0.840. The summed E-state index contributed by atoms with van der Waals surface area (Å²) in [5, 5.41) is 2.50. The van der Waals surface area contributed by atoms with E-state index in [1.54, 1.807) is 12.5 Å². The van der Waals surface area contributed by atoms with Gasteiger partial charge in [-0.05, 0) is 5.25 Å². The van der Waals surface area contributed by atoms with Crippen LogP contribution in [0, 0.1) is 11.2 Å². The van der Waals surface area contributed by atoms with Crippen molar-refractivity contribution in [3.8, 4) is 11.2 Å². The molecule has 0 amide bonds. The van der Waals surface area contributed by atoms with Crippen molar-refractivity contribution in [3.63, 3.8) is 0 Å². The Morgan fingerprint density at radius 1 is 1.67 bits per heavy atom. The van der Waals surface area contributed by atoms with Crippen molar-refractivity contribution in [3.05, 3.63) is 18.7 Å². The van der Waals surface area contributed by atoms with E-state index in [1.165, 1.54) is 0 Å². The molecule has 0 unspecified atom stereocenters. The maximum absolute atomic E-state index is 3.85. The van der Waals surface area contributed by atoms with Gasteiger partial charge in [-0.25, -0.2) is 4.98 Å². The van der Waals surface area contributed by atoms with Crippen molar-refractivity contribution in [2.24, 2.45) is 0 Å². The monoisotopic (exact) mass is 138 g/mol. The third-order valence-corrected chi connectivity index (χ3v) is 1.06. The molecule has 0 N–H and O–H groups in total. The lowest BCUT2D eigenvalue weighted by atomic mass is 10.6. The summed E-state index contributed by atoms with van der Waals surface area (Å²) >= 11 is 3.74. The first-order valence-corrected chi connectivity index (χ1v) is 2.96. The van der Waals surface area contributed by atoms with Crippen LogP contribution in [-0.4, -0.2) is 9.55 Å². The molecule has 0 aromatic carbocycles. The lowest BCUT2D eigenvalue weighted by Crippen LogP contribution is -1.88. The second-order valence-electron chi connectivity index (χ2n) is 1.52. The minimum absolute atomic E-state index is 0.670. The van der Waals surface area contributed by atoms with Gasteiger partial charge < -0.3 is 4.57 Å². The zero-order valence-corrected chi connectivity index (χ0v) is 5.68. The van der Waals surface area contributed by atoms with E-state index in [1.807, 2.05) is 10.8 Å².